The zero-order chi connectivity index (χ0) is 20.7. The number of Topliss-reactive ketones (excluding diaryl/α,β-unsaturated/α-hetero) is 1. The zero-order valence-electron chi connectivity index (χ0n) is 16.6. The average Bonchev–Trinajstić information content (AvgIpc) is 2.84. The van der Waals surface area contributed by atoms with Gasteiger partial charge in [-0.2, -0.15) is 0 Å². The van der Waals surface area contributed by atoms with Crippen LogP contribution in [0.1, 0.15) is 46.5 Å². The van der Waals surface area contributed by atoms with E-state index >= 15 is 4.39 Å². The van der Waals surface area contributed by atoms with Gasteiger partial charge in [-0.15, -0.1) is 0 Å². The van der Waals surface area contributed by atoms with Crippen molar-refractivity contribution in [1.29, 1.82) is 0 Å². The molecule has 0 unspecified atom stereocenters. The molecule has 0 aromatic rings. The lowest BCUT2D eigenvalue weighted by Gasteiger charge is -2.62. The highest BCUT2D eigenvalue weighted by molar-refractivity contribution is 6.01. The molecule has 154 valence electrons. The quantitative estimate of drug-likeness (QED) is 0.667. The third-order valence-corrected chi connectivity index (χ3v) is 8.79. The van der Waals surface area contributed by atoms with Gasteiger partial charge in [0.2, 0.25) is 0 Å². The van der Waals surface area contributed by atoms with E-state index in [4.69, 9.17) is 0 Å². The summed E-state index contributed by atoms with van der Waals surface area (Å²) in [5.41, 5.74) is -5.17. The molecule has 0 heterocycles. The number of aliphatic hydroxyl groups is 3. The monoisotopic (exact) mass is 392 g/mol. The molecule has 4 aliphatic rings. The Morgan fingerprint density at radius 3 is 2.64 bits per heavy atom. The number of carbonyl (C=O) groups excluding carboxylic acids is 2. The highest BCUT2D eigenvalue weighted by Crippen LogP contribution is 2.70. The van der Waals surface area contributed by atoms with Crippen molar-refractivity contribution in [3.8, 4) is 0 Å². The maximum atomic E-state index is 16.9. The van der Waals surface area contributed by atoms with Crippen LogP contribution in [0, 0.1) is 28.6 Å². The van der Waals surface area contributed by atoms with Gasteiger partial charge in [0, 0.05) is 16.7 Å². The van der Waals surface area contributed by atoms with Gasteiger partial charge >= 0.3 is 0 Å². The second-order valence-electron chi connectivity index (χ2n) is 9.75. The van der Waals surface area contributed by atoms with Crippen molar-refractivity contribution in [2.45, 2.75) is 63.8 Å². The van der Waals surface area contributed by atoms with Gasteiger partial charge < -0.3 is 15.3 Å². The first-order valence-electron chi connectivity index (χ1n) is 10.1. The Labute approximate surface area is 164 Å². The van der Waals surface area contributed by atoms with Crippen LogP contribution in [0.3, 0.4) is 0 Å². The lowest BCUT2D eigenvalue weighted by atomic mass is 9.44. The second-order valence-corrected chi connectivity index (χ2v) is 9.75. The molecule has 5 nitrogen and oxygen atoms in total. The molecule has 0 amide bonds. The molecule has 6 heteroatoms. The van der Waals surface area contributed by atoms with Crippen LogP contribution < -0.4 is 0 Å². The summed E-state index contributed by atoms with van der Waals surface area (Å²) in [6, 6.07) is 0. The molecule has 0 spiro atoms. The van der Waals surface area contributed by atoms with E-state index in [1.165, 1.54) is 12.2 Å². The van der Waals surface area contributed by atoms with Gasteiger partial charge in [-0.05, 0) is 56.6 Å². The standard InChI is InChI=1S/C22H29FO5/c1-12-8-16-15-5-4-13-9-14(25)6-7-19(13,2)21(15,23)17(26)10-20(16,3)22(12,28)18(27)11-24/h6-7,9,12,15-17,24,26,28H,4-5,8,10-11H2,1-3H3/t12-,15+,16-,17+,19+,20+,21-,22+/m1/s1. The summed E-state index contributed by atoms with van der Waals surface area (Å²) in [5, 5.41) is 32.0. The number of carbonyl (C=O) groups is 2. The summed E-state index contributed by atoms with van der Waals surface area (Å²) in [6.45, 7) is 4.48. The summed E-state index contributed by atoms with van der Waals surface area (Å²) in [7, 11) is 0. The third-order valence-electron chi connectivity index (χ3n) is 8.79. The molecule has 0 bridgehead atoms. The van der Waals surface area contributed by atoms with Crippen molar-refractivity contribution in [3.63, 3.8) is 0 Å². The molecule has 0 radical (unpaired) electrons. The van der Waals surface area contributed by atoms with E-state index in [0.29, 0.717) is 24.8 Å². The first-order valence-corrected chi connectivity index (χ1v) is 10.1. The smallest absolute Gasteiger partial charge is 0.190 e. The van der Waals surface area contributed by atoms with Crippen LogP contribution in [-0.2, 0) is 9.59 Å². The molecule has 3 fully saturated rings. The van der Waals surface area contributed by atoms with Crippen LogP contribution in [0.5, 0.6) is 0 Å². The van der Waals surface area contributed by atoms with Crippen LogP contribution in [0.2, 0.25) is 0 Å². The number of ketones is 2. The zero-order valence-corrected chi connectivity index (χ0v) is 16.6. The molecule has 4 rings (SSSR count). The predicted octanol–water partition coefficient (Wildman–Crippen LogP) is 1.90. The van der Waals surface area contributed by atoms with Crippen molar-refractivity contribution in [2.24, 2.45) is 28.6 Å². The fourth-order valence-electron chi connectivity index (χ4n) is 7.26. The van der Waals surface area contributed by atoms with E-state index in [2.05, 4.69) is 0 Å². The van der Waals surface area contributed by atoms with Crippen molar-refractivity contribution in [1.82, 2.24) is 0 Å². The van der Waals surface area contributed by atoms with Crippen molar-refractivity contribution >= 4 is 11.6 Å². The number of hydrogen-bond acceptors (Lipinski definition) is 5. The summed E-state index contributed by atoms with van der Waals surface area (Å²) in [6.07, 6.45) is 4.44. The lowest BCUT2D eigenvalue weighted by Crippen LogP contribution is -2.69. The molecule has 8 atom stereocenters. The molecule has 4 aliphatic carbocycles. The Kier molecular flexibility index (Phi) is 4.15. The number of alkyl halides is 1. The first-order chi connectivity index (χ1) is 13.0. The SMILES string of the molecule is C[C@@H]1C[C@@H]2[C@@H]3CCC4=CC(=O)C=C[C@]4(C)[C@]3(F)[C@@H](O)C[C@]2(C)[C@@]1(O)C(=O)CO. The maximum Gasteiger partial charge on any atom is 0.190 e. The molecule has 0 saturated heterocycles. The average molecular weight is 392 g/mol. The largest absolute Gasteiger partial charge is 0.390 e. The van der Waals surface area contributed by atoms with Gasteiger partial charge in [0.25, 0.3) is 0 Å². The topological polar surface area (TPSA) is 94.8 Å². The van der Waals surface area contributed by atoms with Gasteiger partial charge in [-0.25, -0.2) is 4.39 Å². The Morgan fingerprint density at radius 1 is 1.32 bits per heavy atom. The molecule has 0 aliphatic heterocycles. The highest BCUT2D eigenvalue weighted by Gasteiger charge is 2.75. The van der Waals surface area contributed by atoms with Crippen LogP contribution >= 0.6 is 0 Å². The summed E-state index contributed by atoms with van der Waals surface area (Å²) in [5.74, 6) is -2.12. The Hall–Kier alpha value is -1.37. The van der Waals surface area contributed by atoms with E-state index in [1.807, 2.05) is 0 Å². The van der Waals surface area contributed by atoms with Gasteiger partial charge in [0.1, 0.15) is 12.2 Å². The lowest BCUT2D eigenvalue weighted by molar-refractivity contribution is -0.219. The molecular formula is C22H29FO5. The predicted molar refractivity (Wildman–Crippen MR) is 99.9 cm³/mol. The van der Waals surface area contributed by atoms with Crippen LogP contribution in [0.25, 0.3) is 0 Å². The van der Waals surface area contributed by atoms with Gasteiger partial charge in [-0.3, -0.25) is 9.59 Å². The highest BCUT2D eigenvalue weighted by atomic mass is 19.1. The Balaban J connectivity index is 1.84. The van der Waals surface area contributed by atoms with E-state index in [-0.39, 0.29) is 18.1 Å². The molecule has 0 aromatic heterocycles. The van der Waals surface area contributed by atoms with E-state index in [9.17, 15) is 24.9 Å². The van der Waals surface area contributed by atoms with Crippen LogP contribution in [0.15, 0.2) is 23.8 Å². The summed E-state index contributed by atoms with van der Waals surface area (Å²) >= 11 is 0. The minimum Gasteiger partial charge on any atom is -0.390 e. The van der Waals surface area contributed by atoms with Crippen molar-refractivity contribution in [2.75, 3.05) is 6.61 Å². The number of aliphatic hydroxyl groups excluding tert-OH is 2. The number of hydrogen-bond donors (Lipinski definition) is 3. The first kappa shape index (κ1) is 19.9. The minimum atomic E-state index is -1.98. The molecular weight excluding hydrogens is 363 g/mol. The number of allylic oxidation sites excluding steroid dienone is 4. The minimum absolute atomic E-state index is 0.0676. The van der Waals surface area contributed by atoms with Gasteiger partial charge in [0.15, 0.2) is 17.2 Å². The van der Waals surface area contributed by atoms with Gasteiger partial charge in [-0.1, -0.05) is 25.5 Å². The van der Waals surface area contributed by atoms with E-state index < -0.39 is 52.4 Å². The summed E-state index contributed by atoms with van der Waals surface area (Å²) < 4.78 is 16.9. The normalized spacial score (nSPS) is 52.5. The molecule has 28 heavy (non-hydrogen) atoms. The summed E-state index contributed by atoms with van der Waals surface area (Å²) in [4.78, 5) is 24.4. The number of halogens is 1. The number of fused-ring (bicyclic) bond motifs is 5. The van der Waals surface area contributed by atoms with E-state index in [0.717, 1.165) is 0 Å². The van der Waals surface area contributed by atoms with Crippen molar-refractivity contribution < 1.29 is 29.3 Å². The molecule has 3 saturated carbocycles. The van der Waals surface area contributed by atoms with Crippen molar-refractivity contribution in [3.05, 3.63) is 23.8 Å². The maximum absolute atomic E-state index is 16.9. The van der Waals surface area contributed by atoms with Crippen LogP contribution in [0.4, 0.5) is 4.39 Å². The second kappa shape index (κ2) is 5.83. The van der Waals surface area contributed by atoms with Crippen LogP contribution in [-0.4, -0.2) is 50.9 Å². The molecule has 0 aromatic carbocycles. The third kappa shape index (κ3) is 2.01. The fourth-order valence-corrected chi connectivity index (χ4v) is 7.26. The van der Waals surface area contributed by atoms with E-state index in [1.54, 1.807) is 26.8 Å². The number of rotatable bonds is 2. The van der Waals surface area contributed by atoms with Gasteiger partial charge in [0.05, 0.1) is 6.10 Å². The molecule has 3 N–H and O–H groups in total. The fraction of sp³-hybridized carbons (Fsp3) is 0.727. The Morgan fingerprint density at radius 2 is 2.00 bits per heavy atom. The Bertz CT molecular complexity index is 805.